The average molecular weight is 403 g/mol. The number of anilines is 1. The Labute approximate surface area is 171 Å². The molecule has 1 aromatic carbocycles. The summed E-state index contributed by atoms with van der Waals surface area (Å²) in [4.78, 5) is 16.7. The van der Waals surface area contributed by atoms with E-state index in [9.17, 15) is 9.18 Å². The number of halogens is 1. The molecule has 6 nitrogen and oxygen atoms in total. The lowest BCUT2D eigenvalue weighted by Gasteiger charge is -2.28. The zero-order valence-corrected chi connectivity index (χ0v) is 17.5. The number of hydrogen-bond acceptors (Lipinski definition) is 5. The third-order valence-corrected chi connectivity index (χ3v) is 4.97. The van der Waals surface area contributed by atoms with Crippen molar-refractivity contribution in [3.63, 3.8) is 0 Å². The molecule has 1 fully saturated rings. The van der Waals surface area contributed by atoms with Crippen LogP contribution < -0.4 is 4.90 Å². The van der Waals surface area contributed by atoms with Crippen LogP contribution in [0.15, 0.2) is 28.8 Å². The van der Waals surface area contributed by atoms with Crippen LogP contribution in [0.25, 0.3) is 11.3 Å². The quantitative estimate of drug-likeness (QED) is 0.664. The zero-order chi connectivity index (χ0) is 20.8. The third-order valence-electron chi connectivity index (χ3n) is 4.97. The number of rotatable bonds is 8. The van der Waals surface area contributed by atoms with E-state index in [-0.39, 0.29) is 17.6 Å². The van der Waals surface area contributed by atoms with Crippen molar-refractivity contribution >= 4 is 11.8 Å². The highest BCUT2D eigenvalue weighted by atomic mass is 19.1. The molecule has 1 saturated heterocycles. The van der Waals surface area contributed by atoms with Crippen LogP contribution >= 0.6 is 0 Å². The molecule has 0 atom stereocenters. The number of amides is 1. The van der Waals surface area contributed by atoms with Crippen molar-refractivity contribution < 1.29 is 18.4 Å². The van der Waals surface area contributed by atoms with Crippen molar-refractivity contribution in [2.45, 2.75) is 40.2 Å². The molecule has 7 heteroatoms. The number of carbonyl (C=O) groups is 1. The van der Waals surface area contributed by atoms with E-state index in [0.717, 1.165) is 12.0 Å². The van der Waals surface area contributed by atoms with Crippen LogP contribution in [0.5, 0.6) is 0 Å². The number of ether oxygens (including phenoxy) is 1. The Bertz CT molecular complexity index is 815. The highest BCUT2D eigenvalue weighted by Crippen LogP contribution is 2.34. The molecule has 2 aromatic rings. The molecule has 1 aliphatic rings. The first-order chi connectivity index (χ1) is 14.0. The van der Waals surface area contributed by atoms with Gasteiger partial charge in [-0.1, -0.05) is 38.1 Å². The first-order valence-electron chi connectivity index (χ1n) is 10.3. The topological polar surface area (TPSA) is 58.8 Å². The minimum atomic E-state index is -0.355. The van der Waals surface area contributed by atoms with Crippen LogP contribution in [-0.2, 0) is 16.1 Å². The van der Waals surface area contributed by atoms with E-state index in [1.807, 2.05) is 25.7 Å². The van der Waals surface area contributed by atoms with E-state index in [4.69, 9.17) is 9.26 Å². The Kier molecular flexibility index (Phi) is 7.25. The van der Waals surface area contributed by atoms with E-state index in [0.29, 0.717) is 63.0 Å². The Morgan fingerprint density at radius 3 is 2.66 bits per heavy atom. The van der Waals surface area contributed by atoms with Gasteiger partial charge < -0.3 is 19.1 Å². The fraction of sp³-hybridized carbons (Fsp3) is 0.545. The number of nitrogens with zero attached hydrogens (tertiary/aromatic N) is 3. The molecule has 3 rings (SSSR count). The largest absolute Gasteiger partial charge is 0.378 e. The second kappa shape index (κ2) is 9.87. The second-order valence-electron chi connectivity index (χ2n) is 7.81. The van der Waals surface area contributed by atoms with Crippen LogP contribution in [0.4, 0.5) is 10.3 Å². The van der Waals surface area contributed by atoms with Crippen molar-refractivity contribution in [2.24, 2.45) is 5.92 Å². The molecular weight excluding hydrogens is 373 g/mol. The summed E-state index contributed by atoms with van der Waals surface area (Å²) in [7, 11) is 0. The Balaban J connectivity index is 1.99. The number of morpholine rings is 1. The predicted molar refractivity (Wildman–Crippen MR) is 110 cm³/mol. The molecule has 1 aromatic heterocycles. The maximum atomic E-state index is 14.5. The van der Waals surface area contributed by atoms with Gasteiger partial charge in [0.2, 0.25) is 11.8 Å². The minimum absolute atomic E-state index is 0.0930. The lowest BCUT2D eigenvalue weighted by molar-refractivity contribution is -0.132. The van der Waals surface area contributed by atoms with Crippen LogP contribution in [0, 0.1) is 11.7 Å². The summed E-state index contributed by atoms with van der Waals surface area (Å²) in [5.41, 5.74) is 1.60. The number of aromatic nitrogens is 1. The zero-order valence-electron chi connectivity index (χ0n) is 17.5. The van der Waals surface area contributed by atoms with E-state index in [2.05, 4.69) is 10.1 Å². The fourth-order valence-electron chi connectivity index (χ4n) is 3.55. The van der Waals surface area contributed by atoms with Gasteiger partial charge in [0, 0.05) is 31.6 Å². The molecule has 1 aliphatic heterocycles. The molecule has 158 valence electrons. The Hall–Kier alpha value is -2.41. The van der Waals surface area contributed by atoms with Crippen LogP contribution in [0.1, 0.15) is 39.2 Å². The molecule has 0 spiro atoms. The Morgan fingerprint density at radius 1 is 1.28 bits per heavy atom. The summed E-state index contributed by atoms with van der Waals surface area (Å²) in [5, 5.41) is 4.22. The number of hydrogen-bond donors (Lipinski definition) is 0. The van der Waals surface area contributed by atoms with Crippen molar-refractivity contribution in [1.29, 1.82) is 0 Å². The highest BCUT2D eigenvalue weighted by molar-refractivity contribution is 5.77. The van der Waals surface area contributed by atoms with Gasteiger partial charge in [-0.25, -0.2) is 4.39 Å². The summed E-state index contributed by atoms with van der Waals surface area (Å²) in [6.45, 7) is 9.63. The van der Waals surface area contributed by atoms with Crippen molar-refractivity contribution in [3.8, 4) is 11.3 Å². The van der Waals surface area contributed by atoms with E-state index in [1.54, 1.807) is 18.2 Å². The van der Waals surface area contributed by atoms with Crippen LogP contribution in [0.2, 0.25) is 0 Å². The highest BCUT2D eigenvalue weighted by Gasteiger charge is 2.28. The van der Waals surface area contributed by atoms with Gasteiger partial charge in [0.05, 0.1) is 25.3 Å². The lowest BCUT2D eigenvalue weighted by atomic mass is 10.0. The summed E-state index contributed by atoms with van der Waals surface area (Å²) in [6, 6.07) is 6.53. The maximum absolute atomic E-state index is 14.5. The van der Waals surface area contributed by atoms with Gasteiger partial charge in [-0.15, -0.1) is 0 Å². The fourth-order valence-corrected chi connectivity index (χ4v) is 3.55. The Morgan fingerprint density at radius 2 is 2.00 bits per heavy atom. The first-order valence-corrected chi connectivity index (χ1v) is 10.3. The molecule has 2 heterocycles. The normalized spacial score (nSPS) is 14.4. The van der Waals surface area contributed by atoms with Gasteiger partial charge in [0.1, 0.15) is 11.5 Å². The number of carbonyl (C=O) groups excluding carboxylic acids is 1. The summed E-state index contributed by atoms with van der Waals surface area (Å²) < 4.78 is 25.7. The van der Waals surface area contributed by atoms with Gasteiger partial charge in [-0.3, -0.25) is 4.79 Å². The monoisotopic (exact) mass is 403 g/mol. The second-order valence-corrected chi connectivity index (χ2v) is 7.81. The van der Waals surface area contributed by atoms with Gasteiger partial charge in [-0.2, -0.15) is 0 Å². The first kappa shape index (κ1) is 21.3. The van der Waals surface area contributed by atoms with Crippen molar-refractivity contribution in [3.05, 3.63) is 35.6 Å². The van der Waals surface area contributed by atoms with Crippen molar-refractivity contribution in [2.75, 3.05) is 37.7 Å². The summed E-state index contributed by atoms with van der Waals surface area (Å²) in [6.07, 6.45) is 1.32. The molecule has 0 N–H and O–H groups in total. The number of benzene rings is 1. The van der Waals surface area contributed by atoms with E-state index in [1.165, 1.54) is 6.07 Å². The van der Waals surface area contributed by atoms with E-state index >= 15 is 0 Å². The molecule has 29 heavy (non-hydrogen) atoms. The standard InChI is InChI=1S/C22H30FN3O3/c1-4-9-26(20(27)14-16(2)3)15-18-21(17-7-5-6-8-19(17)23)24-29-22(18)25-10-12-28-13-11-25/h5-8,16H,4,9-15H2,1-3H3. The molecule has 0 unspecified atom stereocenters. The molecule has 0 aliphatic carbocycles. The van der Waals surface area contributed by atoms with Gasteiger partial charge in [0.25, 0.3) is 0 Å². The van der Waals surface area contributed by atoms with Crippen LogP contribution in [0.3, 0.4) is 0 Å². The summed E-state index contributed by atoms with van der Waals surface area (Å²) >= 11 is 0. The average Bonchev–Trinajstić information content (AvgIpc) is 3.11. The molecule has 1 amide bonds. The lowest BCUT2D eigenvalue weighted by Crippen LogP contribution is -2.37. The molecule has 0 radical (unpaired) electrons. The summed E-state index contributed by atoms with van der Waals surface area (Å²) in [5.74, 6) is 0.612. The third kappa shape index (κ3) is 5.15. The maximum Gasteiger partial charge on any atom is 0.233 e. The van der Waals surface area contributed by atoms with Crippen LogP contribution in [-0.4, -0.2) is 48.8 Å². The van der Waals surface area contributed by atoms with Gasteiger partial charge in [-0.05, 0) is 24.5 Å². The van der Waals surface area contributed by atoms with Crippen molar-refractivity contribution in [1.82, 2.24) is 10.1 Å². The SMILES string of the molecule is CCCN(Cc1c(-c2ccccc2F)noc1N1CCOCC1)C(=O)CC(C)C. The minimum Gasteiger partial charge on any atom is -0.378 e. The van der Waals surface area contributed by atoms with Gasteiger partial charge in [0.15, 0.2) is 0 Å². The predicted octanol–water partition coefficient (Wildman–Crippen LogP) is 4.10. The molecular formula is C22H30FN3O3. The molecule has 0 bridgehead atoms. The smallest absolute Gasteiger partial charge is 0.233 e. The van der Waals surface area contributed by atoms with E-state index < -0.39 is 0 Å². The van der Waals surface area contributed by atoms with Gasteiger partial charge >= 0.3 is 0 Å². The molecule has 0 saturated carbocycles.